The maximum Gasteiger partial charge on any atom is 0.434 e. The molecule has 0 amide bonds. The number of aromatic nitrogens is 2. The van der Waals surface area contributed by atoms with Crippen LogP contribution in [-0.4, -0.2) is 17.3 Å². The van der Waals surface area contributed by atoms with Gasteiger partial charge in [-0.1, -0.05) is 12.1 Å². The highest BCUT2D eigenvalue weighted by Gasteiger charge is 1.95. The third-order valence-electron chi connectivity index (χ3n) is 1.99. The Morgan fingerprint density at radius 1 is 1.31 bits per heavy atom. The second kappa shape index (κ2) is 4.48. The molecule has 0 unspecified atom stereocenters. The highest BCUT2D eigenvalue weighted by atomic mass is 16.5. The van der Waals surface area contributed by atoms with Crippen molar-refractivity contribution >= 4 is 12.2 Å². The van der Waals surface area contributed by atoms with Crippen molar-refractivity contribution in [1.29, 1.82) is 0 Å². The van der Waals surface area contributed by atoms with Crippen LogP contribution in [0, 0.1) is 0 Å². The average molecular weight is 218 g/mol. The van der Waals surface area contributed by atoms with Crippen molar-refractivity contribution in [2.75, 3.05) is 7.11 Å². The third-order valence-corrected chi connectivity index (χ3v) is 1.99. The van der Waals surface area contributed by atoms with Crippen molar-refractivity contribution < 1.29 is 9.15 Å². The molecule has 0 aliphatic rings. The van der Waals surface area contributed by atoms with Gasteiger partial charge in [-0.2, -0.15) is 0 Å². The normalized spacial score (nSPS) is 10.8. The highest BCUT2D eigenvalue weighted by Crippen LogP contribution is 2.12. The molecule has 1 N–H and O–H groups in total. The topological polar surface area (TPSA) is 68.1 Å². The monoisotopic (exact) mass is 218 g/mol. The van der Waals surface area contributed by atoms with E-state index in [0.717, 1.165) is 11.3 Å². The summed E-state index contributed by atoms with van der Waals surface area (Å²) >= 11 is 0. The van der Waals surface area contributed by atoms with Crippen molar-refractivity contribution in [3.05, 3.63) is 46.3 Å². The molecule has 2 rings (SSSR count). The lowest BCUT2D eigenvalue weighted by molar-refractivity contribution is 0.415. The van der Waals surface area contributed by atoms with E-state index in [2.05, 4.69) is 10.2 Å². The minimum Gasteiger partial charge on any atom is -0.497 e. The number of rotatable bonds is 3. The average Bonchev–Trinajstić information content (AvgIpc) is 2.73. The van der Waals surface area contributed by atoms with Crippen LogP contribution < -0.4 is 10.5 Å². The quantitative estimate of drug-likeness (QED) is 0.848. The molecule has 0 saturated carbocycles. The van der Waals surface area contributed by atoms with E-state index >= 15 is 0 Å². The Labute approximate surface area is 91.4 Å². The minimum atomic E-state index is -0.561. The lowest BCUT2D eigenvalue weighted by Gasteiger charge is -1.98. The molecular formula is C11H10N2O3. The number of benzene rings is 1. The first-order valence-corrected chi connectivity index (χ1v) is 4.65. The SMILES string of the molecule is COc1ccc(/C=C/c2n[nH]c(=O)o2)cc1. The molecule has 0 atom stereocenters. The van der Waals surface area contributed by atoms with Crippen molar-refractivity contribution in [1.82, 2.24) is 10.2 Å². The molecule has 0 bridgehead atoms. The molecule has 0 spiro atoms. The number of ether oxygens (including phenoxy) is 1. The summed E-state index contributed by atoms with van der Waals surface area (Å²) in [4.78, 5) is 10.6. The standard InChI is InChI=1S/C11H10N2O3/c1-15-9-5-2-8(3-6-9)4-7-10-12-13-11(14)16-10/h2-7H,1H3,(H,13,14)/b7-4+. The van der Waals surface area contributed by atoms with E-state index in [1.165, 1.54) is 0 Å². The van der Waals surface area contributed by atoms with Crippen LogP contribution in [0.15, 0.2) is 33.5 Å². The fourth-order valence-electron chi connectivity index (χ4n) is 1.20. The summed E-state index contributed by atoms with van der Waals surface area (Å²) in [5.41, 5.74) is 0.964. The van der Waals surface area contributed by atoms with E-state index in [1.54, 1.807) is 19.3 Å². The van der Waals surface area contributed by atoms with Gasteiger partial charge in [0.15, 0.2) is 0 Å². The van der Waals surface area contributed by atoms with Crippen LogP contribution in [0.4, 0.5) is 0 Å². The second-order valence-electron chi connectivity index (χ2n) is 3.06. The first-order chi connectivity index (χ1) is 7.78. The van der Waals surface area contributed by atoms with Crippen molar-refractivity contribution in [2.45, 2.75) is 0 Å². The van der Waals surface area contributed by atoms with Crippen LogP contribution in [0.2, 0.25) is 0 Å². The Morgan fingerprint density at radius 3 is 2.62 bits per heavy atom. The van der Waals surface area contributed by atoms with Crippen LogP contribution in [-0.2, 0) is 0 Å². The van der Waals surface area contributed by atoms with Crippen molar-refractivity contribution in [2.24, 2.45) is 0 Å². The molecule has 82 valence electrons. The van der Waals surface area contributed by atoms with Crippen LogP contribution in [0.5, 0.6) is 5.75 Å². The zero-order chi connectivity index (χ0) is 11.4. The van der Waals surface area contributed by atoms with Gasteiger partial charge in [-0.15, -0.1) is 5.10 Å². The number of methoxy groups -OCH3 is 1. The molecule has 2 aromatic rings. The van der Waals surface area contributed by atoms with Crippen LogP contribution in [0.3, 0.4) is 0 Å². The molecule has 0 aliphatic carbocycles. The Kier molecular flexibility index (Phi) is 2.86. The van der Waals surface area contributed by atoms with E-state index in [4.69, 9.17) is 9.15 Å². The number of nitrogens with zero attached hydrogens (tertiary/aromatic N) is 1. The van der Waals surface area contributed by atoms with Gasteiger partial charge in [0, 0.05) is 6.08 Å². The Hall–Kier alpha value is -2.30. The second-order valence-corrected chi connectivity index (χ2v) is 3.06. The molecule has 5 heteroatoms. The molecule has 0 aliphatic heterocycles. The Morgan fingerprint density at radius 2 is 2.06 bits per heavy atom. The molecule has 16 heavy (non-hydrogen) atoms. The van der Waals surface area contributed by atoms with Crippen molar-refractivity contribution in [3.8, 4) is 5.75 Å². The van der Waals surface area contributed by atoms with E-state index in [0.29, 0.717) is 0 Å². The van der Waals surface area contributed by atoms with Gasteiger partial charge >= 0.3 is 5.76 Å². The van der Waals surface area contributed by atoms with Crippen molar-refractivity contribution in [3.63, 3.8) is 0 Å². The first kappa shape index (κ1) is 10.2. The molecule has 0 saturated heterocycles. The van der Waals surface area contributed by atoms with Gasteiger partial charge in [-0.25, -0.2) is 9.89 Å². The van der Waals surface area contributed by atoms with E-state index in [-0.39, 0.29) is 5.89 Å². The van der Waals surface area contributed by atoms with Gasteiger partial charge in [0.25, 0.3) is 0 Å². The zero-order valence-electron chi connectivity index (χ0n) is 8.64. The summed E-state index contributed by atoms with van der Waals surface area (Å²) in [5, 5.41) is 5.83. The lowest BCUT2D eigenvalue weighted by Crippen LogP contribution is -1.93. The summed E-state index contributed by atoms with van der Waals surface area (Å²) in [6.45, 7) is 0. The molecule has 5 nitrogen and oxygen atoms in total. The minimum absolute atomic E-state index is 0.251. The molecule has 1 heterocycles. The van der Waals surface area contributed by atoms with Gasteiger partial charge in [0.2, 0.25) is 5.89 Å². The highest BCUT2D eigenvalue weighted by molar-refractivity contribution is 5.66. The van der Waals surface area contributed by atoms with Gasteiger partial charge in [0.05, 0.1) is 7.11 Å². The van der Waals surface area contributed by atoms with Gasteiger partial charge < -0.3 is 9.15 Å². The number of hydrogen-bond donors (Lipinski definition) is 1. The Balaban J connectivity index is 2.14. The largest absolute Gasteiger partial charge is 0.497 e. The molecule has 0 fully saturated rings. The number of H-pyrrole nitrogens is 1. The fraction of sp³-hybridized carbons (Fsp3) is 0.0909. The van der Waals surface area contributed by atoms with E-state index < -0.39 is 5.76 Å². The summed E-state index contributed by atoms with van der Waals surface area (Å²) in [6, 6.07) is 7.47. The lowest BCUT2D eigenvalue weighted by atomic mass is 10.2. The fourth-order valence-corrected chi connectivity index (χ4v) is 1.20. The van der Waals surface area contributed by atoms with Crippen LogP contribution in [0.1, 0.15) is 11.5 Å². The third kappa shape index (κ3) is 2.38. The van der Waals surface area contributed by atoms with Gasteiger partial charge in [-0.3, -0.25) is 0 Å². The summed E-state index contributed by atoms with van der Waals surface area (Å²) in [7, 11) is 1.61. The summed E-state index contributed by atoms with van der Waals surface area (Å²) < 4.78 is 9.75. The van der Waals surface area contributed by atoms with Gasteiger partial charge in [0.1, 0.15) is 5.75 Å². The van der Waals surface area contributed by atoms with Crippen LogP contribution >= 0.6 is 0 Å². The van der Waals surface area contributed by atoms with Gasteiger partial charge in [-0.05, 0) is 23.8 Å². The smallest absolute Gasteiger partial charge is 0.434 e. The maximum atomic E-state index is 10.6. The maximum absolute atomic E-state index is 10.6. The number of nitrogens with one attached hydrogen (secondary N) is 1. The van der Waals surface area contributed by atoms with E-state index in [1.807, 2.05) is 24.3 Å². The molecular weight excluding hydrogens is 208 g/mol. The summed E-state index contributed by atoms with van der Waals surface area (Å²) in [5.74, 6) is 0.485. The predicted molar refractivity (Wildman–Crippen MR) is 59.0 cm³/mol. The molecule has 1 aromatic carbocycles. The molecule has 1 aromatic heterocycles. The molecule has 0 radical (unpaired) electrons. The zero-order valence-corrected chi connectivity index (χ0v) is 8.64. The Bertz CT molecular complexity index is 537. The number of aromatic amines is 1. The van der Waals surface area contributed by atoms with Crippen LogP contribution in [0.25, 0.3) is 12.2 Å². The predicted octanol–water partition coefficient (Wildman–Crippen LogP) is 1.54. The van der Waals surface area contributed by atoms with E-state index in [9.17, 15) is 4.79 Å². The number of hydrogen-bond acceptors (Lipinski definition) is 4. The first-order valence-electron chi connectivity index (χ1n) is 4.65. The summed E-state index contributed by atoms with van der Waals surface area (Å²) in [6.07, 6.45) is 3.40.